The number of likely N-dealkylation sites (tertiary alicyclic amines) is 1. The van der Waals surface area contributed by atoms with Gasteiger partial charge >= 0.3 is 5.97 Å². The molecule has 3 aliphatic rings. The summed E-state index contributed by atoms with van der Waals surface area (Å²) < 4.78 is 5.01. The number of carbonyl (C=O) groups excluding carboxylic acids is 4. The number of imide groups is 1. The van der Waals surface area contributed by atoms with E-state index < -0.39 is 18.5 Å². The Labute approximate surface area is 181 Å². The van der Waals surface area contributed by atoms with Crippen LogP contribution in [0.5, 0.6) is 0 Å². The Kier molecular flexibility index (Phi) is 6.34. The van der Waals surface area contributed by atoms with E-state index in [9.17, 15) is 19.2 Å². The molecule has 0 unspecified atom stereocenters. The minimum atomic E-state index is -0.617. The summed E-state index contributed by atoms with van der Waals surface area (Å²) in [5, 5.41) is 2.70. The zero-order chi connectivity index (χ0) is 21.8. The molecule has 2 fully saturated rings. The van der Waals surface area contributed by atoms with E-state index in [-0.39, 0.29) is 36.6 Å². The fraction of sp³-hybridized carbons (Fsp3) is 0.478. The highest BCUT2D eigenvalue weighted by Gasteiger charge is 2.46. The normalized spacial score (nSPS) is 22.6. The average molecular weight is 425 g/mol. The van der Waals surface area contributed by atoms with Crippen LogP contribution in [0.2, 0.25) is 0 Å². The first-order valence-corrected chi connectivity index (χ1v) is 10.8. The van der Waals surface area contributed by atoms with Crippen LogP contribution < -0.4 is 10.2 Å². The van der Waals surface area contributed by atoms with Crippen LogP contribution in [0.15, 0.2) is 36.4 Å². The molecule has 8 nitrogen and oxygen atoms in total. The molecule has 2 heterocycles. The van der Waals surface area contributed by atoms with Gasteiger partial charge in [0.2, 0.25) is 11.8 Å². The first-order valence-electron chi connectivity index (χ1n) is 10.8. The van der Waals surface area contributed by atoms with Crippen LogP contribution in [-0.2, 0) is 23.9 Å². The minimum absolute atomic E-state index is 0.0108. The van der Waals surface area contributed by atoms with E-state index in [1.165, 1.54) is 12.8 Å². The van der Waals surface area contributed by atoms with Gasteiger partial charge in [0.1, 0.15) is 0 Å². The topological polar surface area (TPSA) is 96.0 Å². The van der Waals surface area contributed by atoms with Crippen molar-refractivity contribution in [2.45, 2.75) is 32.1 Å². The highest BCUT2D eigenvalue weighted by atomic mass is 16.5. The molecule has 164 valence electrons. The van der Waals surface area contributed by atoms with E-state index in [1.54, 1.807) is 0 Å². The number of carbonyl (C=O) groups is 4. The number of hydrogen-bond donors (Lipinski definition) is 1. The lowest BCUT2D eigenvalue weighted by Crippen LogP contribution is -2.33. The van der Waals surface area contributed by atoms with Crippen molar-refractivity contribution >= 4 is 35.1 Å². The monoisotopic (exact) mass is 425 g/mol. The van der Waals surface area contributed by atoms with Crippen molar-refractivity contribution in [2.75, 3.05) is 36.5 Å². The Morgan fingerprint density at radius 2 is 1.58 bits per heavy atom. The van der Waals surface area contributed by atoms with Crippen molar-refractivity contribution in [3.05, 3.63) is 36.4 Å². The molecule has 2 saturated heterocycles. The molecule has 0 aromatic heterocycles. The van der Waals surface area contributed by atoms with Gasteiger partial charge in [0.05, 0.1) is 18.3 Å². The van der Waals surface area contributed by atoms with Gasteiger partial charge in [-0.25, -0.2) is 0 Å². The lowest BCUT2D eigenvalue weighted by molar-refractivity contribution is -0.148. The summed E-state index contributed by atoms with van der Waals surface area (Å²) in [4.78, 5) is 52.3. The maximum absolute atomic E-state index is 12.4. The number of hydrogen-bond acceptors (Lipinski definition) is 6. The molecule has 0 saturated carbocycles. The second kappa shape index (κ2) is 9.32. The predicted octanol–water partition coefficient (Wildman–Crippen LogP) is 2.11. The first kappa shape index (κ1) is 21.1. The molecule has 2 aliphatic heterocycles. The van der Waals surface area contributed by atoms with Gasteiger partial charge in [0, 0.05) is 31.0 Å². The third-order valence-electron chi connectivity index (χ3n) is 6.12. The zero-order valence-corrected chi connectivity index (χ0v) is 17.4. The van der Waals surface area contributed by atoms with Crippen LogP contribution in [-0.4, -0.2) is 54.8 Å². The molecule has 8 heteroatoms. The van der Waals surface area contributed by atoms with Gasteiger partial charge < -0.3 is 15.0 Å². The Morgan fingerprint density at radius 1 is 0.968 bits per heavy atom. The van der Waals surface area contributed by atoms with Crippen molar-refractivity contribution in [3.63, 3.8) is 0 Å². The molecule has 3 amide bonds. The molecule has 2 atom stereocenters. The quantitative estimate of drug-likeness (QED) is 0.408. The highest BCUT2D eigenvalue weighted by molar-refractivity contribution is 6.05. The molecule has 1 N–H and O–H groups in total. The van der Waals surface area contributed by atoms with Gasteiger partial charge in [-0.15, -0.1) is 0 Å². The highest BCUT2D eigenvalue weighted by Crippen LogP contribution is 2.35. The molecule has 0 bridgehead atoms. The fourth-order valence-electron chi connectivity index (χ4n) is 4.44. The van der Waals surface area contributed by atoms with Crippen molar-refractivity contribution < 1.29 is 23.9 Å². The molecule has 1 aromatic rings. The zero-order valence-electron chi connectivity index (χ0n) is 17.4. The minimum Gasteiger partial charge on any atom is -0.456 e. The van der Waals surface area contributed by atoms with Crippen LogP contribution in [0.25, 0.3) is 0 Å². The van der Waals surface area contributed by atoms with Gasteiger partial charge in [-0.1, -0.05) is 12.2 Å². The summed E-state index contributed by atoms with van der Waals surface area (Å²) in [5.74, 6) is -2.11. The van der Waals surface area contributed by atoms with Crippen LogP contribution in [0, 0.1) is 11.8 Å². The Balaban J connectivity index is 1.19. The number of amides is 3. The second-order valence-electron chi connectivity index (χ2n) is 8.18. The fourth-order valence-corrected chi connectivity index (χ4v) is 4.44. The van der Waals surface area contributed by atoms with E-state index in [0.29, 0.717) is 18.5 Å². The van der Waals surface area contributed by atoms with Crippen LogP contribution in [0.1, 0.15) is 32.1 Å². The van der Waals surface area contributed by atoms with Gasteiger partial charge in [-0.05, 0) is 49.9 Å². The van der Waals surface area contributed by atoms with Crippen LogP contribution >= 0.6 is 0 Å². The Bertz CT molecular complexity index is 863. The number of benzene rings is 1. The van der Waals surface area contributed by atoms with E-state index in [1.807, 2.05) is 36.4 Å². The number of esters is 1. The summed E-state index contributed by atoms with van der Waals surface area (Å²) in [6.07, 6.45) is 7.24. The van der Waals surface area contributed by atoms with Crippen molar-refractivity contribution in [1.82, 2.24) is 4.90 Å². The van der Waals surface area contributed by atoms with E-state index in [0.717, 1.165) is 23.7 Å². The van der Waals surface area contributed by atoms with Crippen molar-refractivity contribution in [1.29, 1.82) is 0 Å². The standard InChI is InChI=1S/C23H27N3O5/c27-20(24-16-7-9-17(10-8-16)25-12-3-4-13-25)15-31-21(28)11-14-26-22(29)18-5-1-2-6-19(18)23(26)30/h1-2,7-10,18-19H,3-6,11-15H2,(H,24,27)/t18-,19-/m0/s1. The molecular formula is C23H27N3O5. The molecule has 31 heavy (non-hydrogen) atoms. The second-order valence-corrected chi connectivity index (χ2v) is 8.18. The summed E-state index contributed by atoms with van der Waals surface area (Å²) in [7, 11) is 0. The van der Waals surface area contributed by atoms with E-state index >= 15 is 0 Å². The average Bonchev–Trinajstić information content (AvgIpc) is 3.40. The molecule has 1 aliphatic carbocycles. The predicted molar refractivity (Wildman–Crippen MR) is 114 cm³/mol. The van der Waals surface area contributed by atoms with Gasteiger partial charge in [0.15, 0.2) is 6.61 Å². The number of nitrogens with one attached hydrogen (secondary N) is 1. The van der Waals surface area contributed by atoms with Gasteiger partial charge in [-0.2, -0.15) is 0 Å². The molecule has 0 radical (unpaired) electrons. The number of rotatable bonds is 7. The SMILES string of the molecule is O=C(COC(=O)CCN1C(=O)[C@H]2CC=CC[C@@H]2C1=O)Nc1ccc(N2CCCC2)cc1. The van der Waals surface area contributed by atoms with Gasteiger partial charge in [-0.3, -0.25) is 24.1 Å². The maximum atomic E-state index is 12.4. The van der Waals surface area contributed by atoms with Gasteiger partial charge in [0.25, 0.3) is 5.91 Å². The number of allylic oxidation sites excluding steroid dienone is 2. The molecule has 4 rings (SSSR count). The third-order valence-corrected chi connectivity index (χ3v) is 6.12. The summed E-state index contributed by atoms with van der Waals surface area (Å²) >= 11 is 0. The van der Waals surface area contributed by atoms with E-state index in [2.05, 4.69) is 10.2 Å². The van der Waals surface area contributed by atoms with E-state index in [4.69, 9.17) is 4.74 Å². The Morgan fingerprint density at radius 3 is 2.19 bits per heavy atom. The Hall–Kier alpha value is -3.16. The lowest BCUT2D eigenvalue weighted by atomic mass is 9.85. The summed E-state index contributed by atoms with van der Waals surface area (Å²) in [6.45, 7) is 1.68. The smallest absolute Gasteiger partial charge is 0.308 e. The molecular weight excluding hydrogens is 398 g/mol. The van der Waals surface area contributed by atoms with Crippen LogP contribution in [0.4, 0.5) is 11.4 Å². The third kappa shape index (κ3) is 4.78. The first-order chi connectivity index (χ1) is 15.0. The molecule has 0 spiro atoms. The number of nitrogens with zero attached hydrogens (tertiary/aromatic N) is 2. The number of fused-ring (bicyclic) bond motifs is 1. The maximum Gasteiger partial charge on any atom is 0.308 e. The summed E-state index contributed by atoms with van der Waals surface area (Å²) in [5.41, 5.74) is 1.76. The number of ether oxygens (including phenoxy) is 1. The summed E-state index contributed by atoms with van der Waals surface area (Å²) in [6, 6.07) is 7.58. The molecule has 1 aromatic carbocycles. The number of anilines is 2. The lowest BCUT2D eigenvalue weighted by Gasteiger charge is -2.17. The van der Waals surface area contributed by atoms with Crippen molar-refractivity contribution in [2.24, 2.45) is 11.8 Å². The van der Waals surface area contributed by atoms with Crippen LogP contribution in [0.3, 0.4) is 0 Å². The largest absolute Gasteiger partial charge is 0.456 e. The van der Waals surface area contributed by atoms with Crippen molar-refractivity contribution in [3.8, 4) is 0 Å².